The predicted octanol–water partition coefficient (Wildman–Crippen LogP) is 0.959. The molecule has 2 heterocycles. The van der Waals surface area contributed by atoms with E-state index in [4.69, 9.17) is 0 Å². The smallest absolute Gasteiger partial charge is 0.258 e. The standard InChI is InChI=1S/C13H17N3O2S/c1-15(7-9-4-11(17)5-9)8-10-6-12(18)16-2-3-19-13(16)14-10/h2-3,6,9,11,17H,4-5,7-8H2,1H3. The van der Waals surface area contributed by atoms with Gasteiger partial charge in [0.15, 0.2) is 4.96 Å². The molecule has 1 saturated carbocycles. The first kappa shape index (κ1) is 12.8. The van der Waals surface area contributed by atoms with Gasteiger partial charge in [-0.2, -0.15) is 0 Å². The van der Waals surface area contributed by atoms with Gasteiger partial charge in [0.25, 0.3) is 5.56 Å². The number of aromatic nitrogens is 2. The topological polar surface area (TPSA) is 57.8 Å². The van der Waals surface area contributed by atoms with Crippen molar-refractivity contribution in [2.24, 2.45) is 5.92 Å². The molecule has 0 radical (unpaired) electrons. The summed E-state index contributed by atoms with van der Waals surface area (Å²) in [4.78, 5) is 19.3. The molecule has 3 rings (SSSR count). The van der Waals surface area contributed by atoms with Crippen LogP contribution in [0, 0.1) is 5.92 Å². The van der Waals surface area contributed by atoms with E-state index in [-0.39, 0.29) is 11.7 Å². The van der Waals surface area contributed by atoms with E-state index in [1.54, 1.807) is 16.7 Å². The van der Waals surface area contributed by atoms with Gasteiger partial charge in [0.2, 0.25) is 0 Å². The van der Waals surface area contributed by atoms with E-state index in [1.165, 1.54) is 11.3 Å². The average molecular weight is 279 g/mol. The lowest BCUT2D eigenvalue weighted by atomic mass is 9.82. The normalized spacial score (nSPS) is 22.9. The summed E-state index contributed by atoms with van der Waals surface area (Å²) in [5.41, 5.74) is 0.795. The zero-order chi connectivity index (χ0) is 13.4. The lowest BCUT2D eigenvalue weighted by Gasteiger charge is -2.34. The Morgan fingerprint density at radius 1 is 1.58 bits per heavy atom. The Bertz CT molecular complexity index is 630. The van der Waals surface area contributed by atoms with Crippen LogP contribution in [0.15, 0.2) is 22.4 Å². The number of hydrogen-bond acceptors (Lipinski definition) is 5. The van der Waals surface area contributed by atoms with Gasteiger partial charge in [-0.15, -0.1) is 11.3 Å². The van der Waals surface area contributed by atoms with Crippen LogP contribution in [0.3, 0.4) is 0 Å². The second-order valence-corrected chi connectivity index (χ2v) is 6.20. The van der Waals surface area contributed by atoms with Crippen molar-refractivity contribution in [3.63, 3.8) is 0 Å². The quantitative estimate of drug-likeness (QED) is 0.905. The summed E-state index contributed by atoms with van der Waals surface area (Å²) in [5, 5.41) is 11.1. The maximum absolute atomic E-state index is 11.9. The van der Waals surface area contributed by atoms with Crippen molar-refractivity contribution in [1.29, 1.82) is 0 Å². The van der Waals surface area contributed by atoms with Crippen LogP contribution < -0.4 is 5.56 Å². The third-order valence-electron chi connectivity index (χ3n) is 3.57. The fourth-order valence-electron chi connectivity index (χ4n) is 2.60. The fraction of sp³-hybridized carbons (Fsp3) is 0.538. The van der Waals surface area contributed by atoms with Gasteiger partial charge in [-0.1, -0.05) is 0 Å². The molecule has 5 nitrogen and oxygen atoms in total. The summed E-state index contributed by atoms with van der Waals surface area (Å²) in [6.07, 6.45) is 3.43. The number of rotatable bonds is 4. The Balaban J connectivity index is 1.68. The third-order valence-corrected chi connectivity index (χ3v) is 4.33. The lowest BCUT2D eigenvalue weighted by molar-refractivity contribution is 0.0272. The molecule has 1 fully saturated rings. The first-order valence-corrected chi connectivity index (χ1v) is 7.32. The molecule has 19 heavy (non-hydrogen) atoms. The Hall–Kier alpha value is -1.24. The largest absolute Gasteiger partial charge is 0.393 e. The molecule has 0 saturated heterocycles. The van der Waals surface area contributed by atoms with Gasteiger partial charge in [0, 0.05) is 30.7 Å². The zero-order valence-electron chi connectivity index (χ0n) is 10.8. The van der Waals surface area contributed by atoms with Crippen LogP contribution in [0.1, 0.15) is 18.5 Å². The molecule has 0 aliphatic heterocycles. The molecule has 0 aromatic carbocycles. The number of aliphatic hydroxyl groups is 1. The van der Waals surface area contributed by atoms with Crippen molar-refractivity contribution in [2.45, 2.75) is 25.5 Å². The maximum atomic E-state index is 11.9. The molecule has 1 aliphatic carbocycles. The first-order valence-electron chi connectivity index (χ1n) is 6.44. The van der Waals surface area contributed by atoms with Crippen LogP contribution in [0.25, 0.3) is 4.96 Å². The monoisotopic (exact) mass is 279 g/mol. The van der Waals surface area contributed by atoms with E-state index in [2.05, 4.69) is 9.88 Å². The summed E-state index contributed by atoms with van der Waals surface area (Å²) in [6, 6.07) is 1.60. The van der Waals surface area contributed by atoms with Crippen LogP contribution in [0.2, 0.25) is 0 Å². The van der Waals surface area contributed by atoms with E-state index in [9.17, 15) is 9.90 Å². The van der Waals surface area contributed by atoms with Gasteiger partial charge in [-0.05, 0) is 25.8 Å². The number of thiazole rings is 1. The summed E-state index contributed by atoms with van der Waals surface area (Å²) in [7, 11) is 2.03. The minimum Gasteiger partial charge on any atom is -0.393 e. The van der Waals surface area contributed by atoms with Gasteiger partial charge in [-0.3, -0.25) is 9.20 Å². The van der Waals surface area contributed by atoms with Gasteiger partial charge in [0.1, 0.15) is 0 Å². The van der Waals surface area contributed by atoms with E-state index in [1.807, 2.05) is 12.4 Å². The second kappa shape index (κ2) is 5.03. The average Bonchev–Trinajstić information content (AvgIpc) is 2.75. The number of nitrogens with zero attached hydrogens (tertiary/aromatic N) is 3. The molecule has 0 unspecified atom stereocenters. The van der Waals surface area contributed by atoms with Crippen molar-refractivity contribution in [3.8, 4) is 0 Å². The van der Waals surface area contributed by atoms with Crippen molar-refractivity contribution in [2.75, 3.05) is 13.6 Å². The highest BCUT2D eigenvalue weighted by molar-refractivity contribution is 7.15. The predicted molar refractivity (Wildman–Crippen MR) is 74.4 cm³/mol. The second-order valence-electron chi connectivity index (χ2n) is 5.33. The molecule has 1 N–H and O–H groups in total. The Kier molecular flexibility index (Phi) is 3.38. The minimum atomic E-state index is -0.108. The molecule has 2 aromatic heterocycles. The van der Waals surface area contributed by atoms with Crippen LogP contribution >= 0.6 is 11.3 Å². The summed E-state index contributed by atoms with van der Waals surface area (Å²) in [6.45, 7) is 1.62. The Labute approximate surface area is 115 Å². The number of fused-ring (bicyclic) bond motifs is 1. The molecular formula is C13H17N3O2S. The van der Waals surface area contributed by atoms with Crippen LogP contribution in [-0.2, 0) is 6.54 Å². The highest BCUT2D eigenvalue weighted by Crippen LogP contribution is 2.27. The van der Waals surface area contributed by atoms with Crippen molar-refractivity contribution in [3.05, 3.63) is 33.7 Å². The SMILES string of the molecule is CN(Cc1cc(=O)n2ccsc2n1)CC1CC(O)C1. The molecule has 0 atom stereocenters. The van der Waals surface area contributed by atoms with Crippen molar-refractivity contribution >= 4 is 16.3 Å². The number of hydrogen-bond donors (Lipinski definition) is 1. The lowest BCUT2D eigenvalue weighted by Crippen LogP contribution is -2.37. The number of aliphatic hydroxyl groups excluding tert-OH is 1. The van der Waals surface area contributed by atoms with E-state index in [0.717, 1.165) is 30.0 Å². The molecule has 0 spiro atoms. The van der Waals surface area contributed by atoms with Crippen LogP contribution in [0.4, 0.5) is 0 Å². The Morgan fingerprint density at radius 2 is 2.37 bits per heavy atom. The van der Waals surface area contributed by atoms with Crippen LogP contribution in [-0.4, -0.2) is 39.1 Å². The molecule has 1 aliphatic rings. The fourth-order valence-corrected chi connectivity index (χ4v) is 3.34. The van der Waals surface area contributed by atoms with Gasteiger partial charge < -0.3 is 10.0 Å². The Morgan fingerprint density at radius 3 is 3.11 bits per heavy atom. The summed E-state index contributed by atoms with van der Waals surface area (Å²) < 4.78 is 1.57. The van der Waals surface area contributed by atoms with Gasteiger partial charge >= 0.3 is 0 Å². The van der Waals surface area contributed by atoms with Gasteiger partial charge in [-0.25, -0.2) is 4.98 Å². The van der Waals surface area contributed by atoms with Crippen molar-refractivity contribution < 1.29 is 5.11 Å². The van der Waals surface area contributed by atoms with Crippen LogP contribution in [0.5, 0.6) is 0 Å². The zero-order valence-corrected chi connectivity index (χ0v) is 11.6. The van der Waals surface area contributed by atoms with E-state index >= 15 is 0 Å². The third kappa shape index (κ3) is 2.70. The molecular weight excluding hydrogens is 262 g/mol. The molecule has 2 aromatic rings. The highest BCUT2D eigenvalue weighted by Gasteiger charge is 2.27. The summed E-state index contributed by atoms with van der Waals surface area (Å²) >= 11 is 1.47. The molecule has 6 heteroatoms. The molecule has 102 valence electrons. The minimum absolute atomic E-state index is 0.0197. The highest BCUT2D eigenvalue weighted by atomic mass is 32.1. The maximum Gasteiger partial charge on any atom is 0.258 e. The van der Waals surface area contributed by atoms with Crippen molar-refractivity contribution in [1.82, 2.24) is 14.3 Å². The first-order chi connectivity index (χ1) is 9.11. The molecule has 0 amide bonds. The molecule has 0 bridgehead atoms. The summed E-state index contributed by atoms with van der Waals surface area (Å²) in [5.74, 6) is 0.576. The van der Waals surface area contributed by atoms with Gasteiger partial charge in [0.05, 0.1) is 11.8 Å². The van der Waals surface area contributed by atoms with E-state index < -0.39 is 0 Å². The van der Waals surface area contributed by atoms with E-state index in [0.29, 0.717) is 12.5 Å².